The zero-order chi connectivity index (χ0) is 15.6. The Balaban J connectivity index is 2.29. The van der Waals surface area contributed by atoms with Gasteiger partial charge in [-0.2, -0.15) is 13.2 Å². The highest BCUT2D eigenvalue weighted by Crippen LogP contribution is 2.39. The number of rotatable bonds is 1. The Labute approximate surface area is 120 Å². The predicted molar refractivity (Wildman–Crippen MR) is 72.2 cm³/mol. The molecule has 0 aromatic heterocycles. The van der Waals surface area contributed by atoms with Gasteiger partial charge in [-0.1, -0.05) is 6.07 Å². The second-order valence-electron chi connectivity index (χ2n) is 4.80. The highest BCUT2D eigenvalue weighted by Gasteiger charge is 2.35. The summed E-state index contributed by atoms with van der Waals surface area (Å²) in [5.41, 5.74) is -0.765. The first-order chi connectivity index (χ1) is 9.82. The van der Waals surface area contributed by atoms with Crippen LogP contribution in [0, 0.1) is 6.57 Å². The molecule has 2 rings (SSSR count). The number of carbonyl (C=O) groups excluding carboxylic acids is 1. The molecule has 1 amide bonds. The van der Waals surface area contributed by atoms with Crippen molar-refractivity contribution >= 4 is 17.3 Å². The summed E-state index contributed by atoms with van der Waals surface area (Å²) in [7, 11) is 0. The van der Waals surface area contributed by atoms with E-state index < -0.39 is 11.7 Å². The Kier molecular flexibility index (Phi) is 4.07. The monoisotopic (exact) mass is 297 g/mol. The van der Waals surface area contributed by atoms with Crippen LogP contribution < -0.4 is 4.90 Å². The van der Waals surface area contributed by atoms with Crippen molar-refractivity contribution in [2.45, 2.75) is 13.1 Å². The molecule has 0 saturated carbocycles. The topological polar surface area (TPSA) is 27.9 Å². The molecule has 0 spiro atoms. The third-order valence-electron chi connectivity index (χ3n) is 3.48. The number of piperazine rings is 1. The molecule has 1 saturated heterocycles. The Morgan fingerprint density at radius 3 is 2.33 bits per heavy atom. The van der Waals surface area contributed by atoms with Crippen molar-refractivity contribution in [3.63, 3.8) is 0 Å². The van der Waals surface area contributed by atoms with Crippen molar-refractivity contribution in [3.8, 4) is 0 Å². The first-order valence-corrected chi connectivity index (χ1v) is 6.42. The largest absolute Gasteiger partial charge is 0.417 e. The van der Waals surface area contributed by atoms with Gasteiger partial charge in [0, 0.05) is 38.8 Å². The number of benzene rings is 1. The molecule has 1 aliphatic rings. The van der Waals surface area contributed by atoms with Gasteiger partial charge in [0.15, 0.2) is 5.69 Å². The fourth-order valence-electron chi connectivity index (χ4n) is 2.36. The SMILES string of the molecule is [C-]#[N+]c1ccc(N2CCN(C(C)=O)CC2)c(C(F)(F)F)c1. The van der Waals surface area contributed by atoms with Gasteiger partial charge < -0.3 is 9.80 Å². The summed E-state index contributed by atoms with van der Waals surface area (Å²) in [5, 5.41) is 0. The standard InChI is InChI=1S/C14H14F3N3O/c1-10(21)19-5-7-20(8-6-19)13-4-3-11(18-2)9-12(13)14(15,16)17/h3-4,9H,5-8H2,1H3. The Morgan fingerprint density at radius 2 is 1.86 bits per heavy atom. The minimum atomic E-state index is -4.51. The number of hydrogen-bond acceptors (Lipinski definition) is 2. The molecule has 0 aliphatic carbocycles. The molecular weight excluding hydrogens is 283 g/mol. The summed E-state index contributed by atoms with van der Waals surface area (Å²) in [6.45, 7) is 9.77. The average Bonchev–Trinajstić information content (AvgIpc) is 2.46. The van der Waals surface area contributed by atoms with E-state index in [-0.39, 0.29) is 17.3 Å². The highest BCUT2D eigenvalue weighted by atomic mass is 19.4. The van der Waals surface area contributed by atoms with Crippen LogP contribution in [0.2, 0.25) is 0 Å². The number of carbonyl (C=O) groups is 1. The molecule has 1 fully saturated rings. The summed E-state index contributed by atoms with van der Waals surface area (Å²) < 4.78 is 39.4. The van der Waals surface area contributed by atoms with Crippen molar-refractivity contribution in [2.75, 3.05) is 31.1 Å². The van der Waals surface area contributed by atoms with Crippen molar-refractivity contribution in [1.82, 2.24) is 4.90 Å². The van der Waals surface area contributed by atoms with E-state index in [1.807, 2.05) is 0 Å². The van der Waals surface area contributed by atoms with E-state index in [0.717, 1.165) is 6.07 Å². The van der Waals surface area contributed by atoms with E-state index in [4.69, 9.17) is 6.57 Å². The van der Waals surface area contributed by atoms with E-state index in [1.54, 1.807) is 9.80 Å². The van der Waals surface area contributed by atoms with Gasteiger partial charge in [0.1, 0.15) is 0 Å². The minimum Gasteiger partial charge on any atom is -0.368 e. The number of anilines is 1. The van der Waals surface area contributed by atoms with Crippen molar-refractivity contribution in [2.24, 2.45) is 0 Å². The third kappa shape index (κ3) is 3.27. The molecule has 0 bridgehead atoms. The average molecular weight is 297 g/mol. The number of nitrogens with zero attached hydrogens (tertiary/aromatic N) is 3. The lowest BCUT2D eigenvalue weighted by Gasteiger charge is -2.36. The van der Waals surface area contributed by atoms with Gasteiger partial charge in [0.05, 0.1) is 12.1 Å². The van der Waals surface area contributed by atoms with Gasteiger partial charge in [0.2, 0.25) is 5.91 Å². The second-order valence-corrected chi connectivity index (χ2v) is 4.80. The molecule has 1 aromatic rings. The first-order valence-electron chi connectivity index (χ1n) is 6.42. The van der Waals surface area contributed by atoms with Gasteiger partial charge in [-0.3, -0.25) is 4.79 Å². The quantitative estimate of drug-likeness (QED) is 0.746. The van der Waals surface area contributed by atoms with Crippen LogP contribution in [0.15, 0.2) is 18.2 Å². The van der Waals surface area contributed by atoms with Crippen LogP contribution in [-0.4, -0.2) is 37.0 Å². The molecular formula is C14H14F3N3O. The minimum absolute atomic E-state index is 0.0338. The van der Waals surface area contributed by atoms with Crippen LogP contribution in [0.4, 0.5) is 24.5 Å². The van der Waals surface area contributed by atoms with Crippen molar-refractivity contribution in [1.29, 1.82) is 0 Å². The molecule has 7 heteroatoms. The Bertz CT molecular complexity index is 584. The van der Waals surface area contributed by atoms with E-state index in [2.05, 4.69) is 4.85 Å². The molecule has 112 valence electrons. The van der Waals surface area contributed by atoms with Gasteiger partial charge >= 0.3 is 6.18 Å². The Hall–Kier alpha value is -2.23. The van der Waals surface area contributed by atoms with Gasteiger partial charge in [-0.25, -0.2) is 4.85 Å². The van der Waals surface area contributed by atoms with Crippen molar-refractivity contribution < 1.29 is 18.0 Å². The number of amides is 1. The molecule has 0 N–H and O–H groups in total. The number of halogens is 3. The zero-order valence-corrected chi connectivity index (χ0v) is 11.4. The predicted octanol–water partition coefficient (Wildman–Crippen LogP) is 2.92. The van der Waals surface area contributed by atoms with E-state index >= 15 is 0 Å². The van der Waals surface area contributed by atoms with Crippen molar-refractivity contribution in [3.05, 3.63) is 35.2 Å². The summed E-state index contributed by atoms with van der Waals surface area (Å²) in [4.78, 5) is 17.5. The summed E-state index contributed by atoms with van der Waals surface area (Å²) in [6, 6.07) is 3.59. The van der Waals surface area contributed by atoms with Crippen LogP contribution in [0.5, 0.6) is 0 Å². The van der Waals surface area contributed by atoms with Crippen LogP contribution in [-0.2, 0) is 11.0 Å². The van der Waals surface area contributed by atoms with Crippen LogP contribution >= 0.6 is 0 Å². The maximum Gasteiger partial charge on any atom is 0.417 e. The summed E-state index contributed by atoms with van der Waals surface area (Å²) >= 11 is 0. The fourth-order valence-corrected chi connectivity index (χ4v) is 2.36. The van der Waals surface area contributed by atoms with E-state index in [0.29, 0.717) is 26.2 Å². The Morgan fingerprint density at radius 1 is 1.24 bits per heavy atom. The normalized spacial score (nSPS) is 15.8. The van der Waals surface area contributed by atoms with E-state index in [1.165, 1.54) is 19.1 Å². The lowest BCUT2D eigenvalue weighted by atomic mass is 10.1. The maximum absolute atomic E-state index is 13.1. The lowest BCUT2D eigenvalue weighted by Crippen LogP contribution is -2.48. The van der Waals surface area contributed by atoms with Crippen LogP contribution in [0.25, 0.3) is 4.85 Å². The third-order valence-corrected chi connectivity index (χ3v) is 3.48. The molecule has 0 atom stereocenters. The second kappa shape index (κ2) is 5.64. The molecule has 0 unspecified atom stereocenters. The summed E-state index contributed by atoms with van der Waals surface area (Å²) in [6.07, 6.45) is -4.51. The smallest absolute Gasteiger partial charge is 0.368 e. The molecule has 21 heavy (non-hydrogen) atoms. The van der Waals surface area contributed by atoms with Gasteiger partial charge in [0.25, 0.3) is 0 Å². The van der Waals surface area contributed by atoms with Crippen LogP contribution in [0.1, 0.15) is 12.5 Å². The number of hydrogen-bond donors (Lipinski definition) is 0. The maximum atomic E-state index is 13.1. The van der Waals surface area contributed by atoms with E-state index in [9.17, 15) is 18.0 Å². The molecule has 1 aliphatic heterocycles. The fraction of sp³-hybridized carbons (Fsp3) is 0.429. The zero-order valence-electron chi connectivity index (χ0n) is 11.4. The lowest BCUT2D eigenvalue weighted by molar-refractivity contribution is -0.137. The molecule has 1 aromatic carbocycles. The number of alkyl halides is 3. The summed E-state index contributed by atoms with van der Waals surface area (Å²) in [5.74, 6) is -0.0750. The first kappa shape index (κ1) is 15.2. The molecule has 0 radical (unpaired) electrons. The highest BCUT2D eigenvalue weighted by molar-refractivity contribution is 5.73. The molecule has 1 heterocycles. The van der Waals surface area contributed by atoms with Gasteiger partial charge in [-0.05, 0) is 12.1 Å². The molecule has 4 nitrogen and oxygen atoms in total. The van der Waals surface area contributed by atoms with Crippen LogP contribution in [0.3, 0.4) is 0 Å². The van der Waals surface area contributed by atoms with Gasteiger partial charge in [-0.15, -0.1) is 0 Å².